The van der Waals surface area contributed by atoms with Crippen LogP contribution in [0.2, 0.25) is 0 Å². The summed E-state index contributed by atoms with van der Waals surface area (Å²) in [6.07, 6.45) is 0.792. The van der Waals surface area contributed by atoms with E-state index in [2.05, 4.69) is 0 Å². The van der Waals surface area contributed by atoms with Crippen molar-refractivity contribution in [3.05, 3.63) is 0 Å². The Morgan fingerprint density at radius 1 is 2.00 bits per heavy atom. The molecule has 0 fully saturated rings. The zero-order valence-corrected chi connectivity index (χ0v) is 3.62. The molecule has 0 aliphatic heterocycles. The van der Waals surface area contributed by atoms with Crippen LogP contribution in [0.3, 0.4) is 0 Å². The van der Waals surface area contributed by atoms with E-state index >= 15 is 0 Å². The van der Waals surface area contributed by atoms with E-state index in [0.717, 1.165) is 6.16 Å². The van der Waals surface area contributed by atoms with Crippen molar-refractivity contribution >= 4 is 8.46 Å². The van der Waals surface area contributed by atoms with E-state index in [-0.39, 0.29) is 8.46 Å². The monoisotopic (exact) mass is 77.0 g/mol. The molecular weight excluding hydrogens is 71.0 g/mol. The second-order valence-electron chi connectivity index (χ2n) is 0.498. The normalized spacial score (nSPS) is 8.25. The lowest BCUT2D eigenvalue weighted by atomic mass is 11.0. The summed E-state index contributed by atoms with van der Waals surface area (Å²) in [6.45, 7) is 1.88. The Balaban J connectivity index is 2.30. The molecular formula is C2H6OP+. The largest absolute Gasteiger partial charge is 0.324 e. The van der Waals surface area contributed by atoms with Gasteiger partial charge in [-0.3, -0.25) is 0 Å². The van der Waals surface area contributed by atoms with Crippen LogP contribution in [-0.4, -0.2) is 6.16 Å². The maximum absolute atomic E-state index is 9.33. The van der Waals surface area contributed by atoms with Gasteiger partial charge in [-0.25, -0.2) is 0 Å². The van der Waals surface area contributed by atoms with E-state index in [9.17, 15) is 4.57 Å². The molecule has 0 heterocycles. The van der Waals surface area contributed by atoms with Gasteiger partial charge >= 0.3 is 8.46 Å². The quantitative estimate of drug-likeness (QED) is 0.427. The maximum atomic E-state index is 9.33. The van der Waals surface area contributed by atoms with Gasteiger partial charge < -0.3 is 0 Å². The van der Waals surface area contributed by atoms with Gasteiger partial charge in [0.15, 0.2) is 0 Å². The van der Waals surface area contributed by atoms with E-state index in [4.69, 9.17) is 0 Å². The van der Waals surface area contributed by atoms with Crippen LogP contribution in [0.4, 0.5) is 0 Å². The molecule has 0 aliphatic carbocycles. The van der Waals surface area contributed by atoms with Crippen molar-refractivity contribution in [2.45, 2.75) is 6.92 Å². The van der Waals surface area contributed by atoms with Crippen LogP contribution in [0.1, 0.15) is 6.92 Å². The fourth-order valence-corrected chi connectivity index (χ4v) is 0. The fourth-order valence-electron chi connectivity index (χ4n) is 0. The van der Waals surface area contributed by atoms with Crippen molar-refractivity contribution in [3.8, 4) is 0 Å². The van der Waals surface area contributed by atoms with Crippen molar-refractivity contribution in [2.24, 2.45) is 0 Å². The summed E-state index contributed by atoms with van der Waals surface area (Å²) in [5.41, 5.74) is 0. The number of rotatable bonds is 1. The molecule has 0 aromatic carbocycles. The van der Waals surface area contributed by atoms with Gasteiger partial charge in [0.25, 0.3) is 0 Å². The smallest absolute Gasteiger partial charge is 0.0775 e. The molecule has 1 nitrogen and oxygen atoms in total. The standard InChI is InChI=1S/C2H5OP/c1-2-4-3/h2H2,1H3/p+1. The minimum atomic E-state index is -0.110. The SMILES string of the molecule is CC[PH+]=O. The molecule has 0 saturated heterocycles. The molecule has 1 atom stereocenters. The summed E-state index contributed by atoms with van der Waals surface area (Å²) in [4.78, 5) is 0. The molecule has 4 heavy (non-hydrogen) atoms. The van der Waals surface area contributed by atoms with Crippen LogP contribution in [0.5, 0.6) is 0 Å². The van der Waals surface area contributed by atoms with E-state index < -0.39 is 0 Å². The summed E-state index contributed by atoms with van der Waals surface area (Å²) in [6, 6.07) is 0. The minimum Gasteiger partial charge on any atom is -0.0775 e. The van der Waals surface area contributed by atoms with Gasteiger partial charge in [-0.2, -0.15) is 0 Å². The first kappa shape index (κ1) is 4.10. The van der Waals surface area contributed by atoms with E-state index in [1.807, 2.05) is 6.92 Å². The molecule has 24 valence electrons. The Bertz CT molecular complexity index is 20.0. The van der Waals surface area contributed by atoms with Crippen LogP contribution < -0.4 is 0 Å². The Kier molecular flexibility index (Phi) is 3.18. The predicted molar refractivity (Wildman–Crippen MR) is 19.5 cm³/mol. The molecule has 0 saturated carbocycles. The number of hydrogen-bond donors (Lipinski definition) is 0. The predicted octanol–water partition coefficient (Wildman–Crippen LogP) is 1.03. The topological polar surface area (TPSA) is 17.1 Å². The van der Waals surface area contributed by atoms with Gasteiger partial charge in [0, 0.05) is 0 Å². The first-order valence-corrected chi connectivity index (χ1v) is 2.38. The molecule has 0 N–H and O–H groups in total. The van der Waals surface area contributed by atoms with E-state index in [0.29, 0.717) is 0 Å². The molecule has 0 amide bonds. The molecule has 1 unspecified atom stereocenters. The number of hydrogen-bond acceptors (Lipinski definition) is 1. The highest BCUT2D eigenvalue weighted by Crippen LogP contribution is 1.82. The Morgan fingerprint density at radius 2 is 2.25 bits per heavy atom. The van der Waals surface area contributed by atoms with Crippen LogP contribution >= 0.6 is 8.46 Å². The van der Waals surface area contributed by atoms with Gasteiger partial charge in [0.05, 0.1) is 0 Å². The lowest BCUT2D eigenvalue weighted by Gasteiger charge is -1.37. The first-order valence-electron chi connectivity index (χ1n) is 1.26. The van der Waals surface area contributed by atoms with Gasteiger partial charge in [0.2, 0.25) is 0 Å². The molecule has 0 bridgehead atoms. The fraction of sp³-hybridized carbons (Fsp3) is 1.00. The molecule has 0 aromatic heterocycles. The summed E-state index contributed by atoms with van der Waals surface area (Å²) in [5.74, 6) is 0. The maximum Gasteiger partial charge on any atom is 0.324 e. The van der Waals surface area contributed by atoms with Gasteiger partial charge in [-0.15, -0.1) is 0 Å². The van der Waals surface area contributed by atoms with Gasteiger partial charge in [0.1, 0.15) is 6.16 Å². The van der Waals surface area contributed by atoms with Crippen LogP contribution in [-0.2, 0) is 4.57 Å². The summed E-state index contributed by atoms with van der Waals surface area (Å²) < 4.78 is 9.33. The third kappa shape index (κ3) is 2.10. The molecule has 0 rings (SSSR count). The average molecular weight is 77.0 g/mol. The zero-order chi connectivity index (χ0) is 3.41. The molecule has 0 spiro atoms. The van der Waals surface area contributed by atoms with E-state index in [1.165, 1.54) is 0 Å². The van der Waals surface area contributed by atoms with Crippen molar-refractivity contribution in [1.29, 1.82) is 0 Å². The van der Waals surface area contributed by atoms with Crippen LogP contribution in [0.15, 0.2) is 0 Å². The Labute approximate surface area is 27.2 Å². The highest BCUT2D eigenvalue weighted by Gasteiger charge is 1.67. The Hall–Kier alpha value is 0.100. The summed E-state index contributed by atoms with van der Waals surface area (Å²) >= 11 is 0. The second-order valence-corrected chi connectivity index (χ2v) is 1.49. The van der Waals surface area contributed by atoms with Gasteiger partial charge in [-0.1, -0.05) is 4.57 Å². The summed E-state index contributed by atoms with van der Waals surface area (Å²) in [5, 5.41) is 0. The van der Waals surface area contributed by atoms with Crippen molar-refractivity contribution in [3.63, 3.8) is 0 Å². The highest BCUT2D eigenvalue weighted by molar-refractivity contribution is 7.23. The third-order valence-corrected chi connectivity index (χ3v) is 0.433. The molecule has 0 aliphatic rings. The minimum absolute atomic E-state index is 0.110. The van der Waals surface area contributed by atoms with Crippen LogP contribution in [0, 0.1) is 0 Å². The summed E-state index contributed by atoms with van der Waals surface area (Å²) in [7, 11) is -0.110. The van der Waals surface area contributed by atoms with Crippen molar-refractivity contribution < 1.29 is 4.57 Å². The molecule has 0 aromatic rings. The van der Waals surface area contributed by atoms with Crippen molar-refractivity contribution in [2.75, 3.05) is 6.16 Å². The second kappa shape index (κ2) is 3.10. The highest BCUT2D eigenvalue weighted by atomic mass is 31.1. The third-order valence-electron chi connectivity index (χ3n) is 0.144. The average Bonchev–Trinajstić information content (AvgIpc) is 1.37. The molecule has 0 radical (unpaired) electrons. The van der Waals surface area contributed by atoms with Crippen LogP contribution in [0.25, 0.3) is 0 Å². The molecule has 2 heteroatoms. The van der Waals surface area contributed by atoms with Gasteiger partial charge in [-0.05, 0) is 6.92 Å². The lowest BCUT2D eigenvalue weighted by Crippen LogP contribution is -1.39. The van der Waals surface area contributed by atoms with E-state index in [1.54, 1.807) is 0 Å². The lowest BCUT2D eigenvalue weighted by molar-refractivity contribution is 0.599. The van der Waals surface area contributed by atoms with Crippen molar-refractivity contribution in [1.82, 2.24) is 0 Å². The Morgan fingerprint density at radius 3 is 2.25 bits per heavy atom. The zero-order valence-electron chi connectivity index (χ0n) is 2.62. The first-order chi connectivity index (χ1) is 1.91.